The van der Waals surface area contributed by atoms with E-state index in [9.17, 15) is 4.79 Å². The molecule has 0 atom stereocenters. The predicted molar refractivity (Wildman–Crippen MR) is 84.6 cm³/mol. The molecule has 22 heavy (non-hydrogen) atoms. The van der Waals surface area contributed by atoms with E-state index >= 15 is 0 Å². The van der Waals surface area contributed by atoms with Crippen LogP contribution in [-0.2, 0) is 6.54 Å². The number of hydrogen-bond donors (Lipinski definition) is 2. The Balaban J connectivity index is 1.86. The summed E-state index contributed by atoms with van der Waals surface area (Å²) in [6.07, 6.45) is 0. The smallest absolute Gasteiger partial charge is 0.319 e. The lowest BCUT2D eigenvalue weighted by molar-refractivity contribution is 0.251. The standard InChI is InChI=1S/C17H17N3O2/c1-13-5-7-14(8-6-13)12-19-17(21)20-15-3-2-4-16(11-15)22-10-9-18/h2-8,11H,10,12H2,1H3,(H2,19,20,21). The molecule has 2 rings (SSSR count). The van der Waals surface area contributed by atoms with Gasteiger partial charge in [-0.05, 0) is 24.6 Å². The van der Waals surface area contributed by atoms with Crippen LogP contribution in [0.25, 0.3) is 0 Å². The molecule has 0 aliphatic heterocycles. The van der Waals surface area contributed by atoms with Gasteiger partial charge < -0.3 is 15.4 Å². The van der Waals surface area contributed by atoms with Crippen molar-refractivity contribution >= 4 is 11.7 Å². The Labute approximate surface area is 129 Å². The number of nitrogens with one attached hydrogen (secondary N) is 2. The highest BCUT2D eigenvalue weighted by molar-refractivity contribution is 5.89. The summed E-state index contributed by atoms with van der Waals surface area (Å²) in [7, 11) is 0. The molecule has 0 aromatic heterocycles. The summed E-state index contributed by atoms with van der Waals surface area (Å²) in [5.41, 5.74) is 2.83. The third-order valence-corrected chi connectivity index (χ3v) is 2.97. The highest BCUT2D eigenvalue weighted by Crippen LogP contribution is 2.17. The van der Waals surface area contributed by atoms with Gasteiger partial charge in [0.15, 0.2) is 6.61 Å². The maximum absolute atomic E-state index is 11.9. The summed E-state index contributed by atoms with van der Waals surface area (Å²) >= 11 is 0. The number of hydrogen-bond acceptors (Lipinski definition) is 3. The molecule has 2 aromatic carbocycles. The van der Waals surface area contributed by atoms with E-state index in [2.05, 4.69) is 10.6 Å². The zero-order chi connectivity index (χ0) is 15.8. The number of nitriles is 1. The van der Waals surface area contributed by atoms with Crippen molar-refractivity contribution in [2.24, 2.45) is 0 Å². The van der Waals surface area contributed by atoms with E-state index < -0.39 is 0 Å². The van der Waals surface area contributed by atoms with Crippen molar-refractivity contribution in [3.05, 3.63) is 59.7 Å². The number of nitrogens with zero attached hydrogens (tertiary/aromatic N) is 1. The first kappa shape index (κ1) is 15.4. The number of aryl methyl sites for hydroxylation is 1. The Kier molecular flexibility index (Phi) is 5.38. The normalized spacial score (nSPS) is 9.64. The second-order valence-electron chi connectivity index (χ2n) is 4.77. The van der Waals surface area contributed by atoms with Crippen LogP contribution in [0.1, 0.15) is 11.1 Å². The van der Waals surface area contributed by atoms with Gasteiger partial charge in [-0.15, -0.1) is 0 Å². The summed E-state index contributed by atoms with van der Waals surface area (Å²) in [5, 5.41) is 14.0. The van der Waals surface area contributed by atoms with E-state index in [1.807, 2.05) is 37.3 Å². The minimum atomic E-state index is -0.294. The molecular formula is C17H17N3O2. The first-order valence-electron chi connectivity index (χ1n) is 6.87. The largest absolute Gasteiger partial charge is 0.479 e. The van der Waals surface area contributed by atoms with Crippen molar-refractivity contribution in [3.8, 4) is 11.8 Å². The highest BCUT2D eigenvalue weighted by Gasteiger charge is 2.03. The second kappa shape index (κ2) is 7.70. The molecule has 0 radical (unpaired) electrons. The summed E-state index contributed by atoms with van der Waals surface area (Å²) in [4.78, 5) is 11.9. The molecule has 0 aliphatic rings. The van der Waals surface area contributed by atoms with E-state index in [1.165, 1.54) is 5.56 Å². The molecule has 0 unspecified atom stereocenters. The molecular weight excluding hydrogens is 278 g/mol. The van der Waals surface area contributed by atoms with Crippen molar-refractivity contribution in [2.75, 3.05) is 11.9 Å². The molecule has 0 fully saturated rings. The minimum Gasteiger partial charge on any atom is -0.479 e. The fourth-order valence-corrected chi connectivity index (χ4v) is 1.84. The number of anilines is 1. The Bertz CT molecular complexity index is 675. The van der Waals surface area contributed by atoms with Crippen LogP contribution < -0.4 is 15.4 Å². The van der Waals surface area contributed by atoms with Crippen molar-refractivity contribution in [1.82, 2.24) is 5.32 Å². The molecule has 0 bridgehead atoms. The van der Waals surface area contributed by atoms with Crippen molar-refractivity contribution in [1.29, 1.82) is 5.26 Å². The zero-order valence-corrected chi connectivity index (χ0v) is 12.3. The Hall–Kier alpha value is -3.00. The third kappa shape index (κ3) is 4.84. The molecule has 0 saturated heterocycles. The molecule has 5 heteroatoms. The van der Waals surface area contributed by atoms with Crippen LogP contribution in [0.4, 0.5) is 10.5 Å². The van der Waals surface area contributed by atoms with Crippen LogP contribution in [0, 0.1) is 18.3 Å². The van der Waals surface area contributed by atoms with Crippen LogP contribution >= 0.6 is 0 Å². The van der Waals surface area contributed by atoms with Gasteiger partial charge in [-0.25, -0.2) is 4.79 Å². The number of ether oxygens (including phenoxy) is 1. The average molecular weight is 295 g/mol. The van der Waals surface area contributed by atoms with Gasteiger partial charge in [-0.1, -0.05) is 35.9 Å². The second-order valence-corrected chi connectivity index (χ2v) is 4.77. The summed E-state index contributed by atoms with van der Waals surface area (Å²) in [6.45, 7) is 2.45. The Morgan fingerprint density at radius 3 is 2.73 bits per heavy atom. The zero-order valence-electron chi connectivity index (χ0n) is 12.3. The quantitative estimate of drug-likeness (QED) is 0.889. The molecule has 0 saturated carbocycles. The van der Waals surface area contributed by atoms with Crippen LogP contribution in [0.5, 0.6) is 5.75 Å². The van der Waals surface area contributed by atoms with Crippen LogP contribution in [0.15, 0.2) is 48.5 Å². The van der Waals surface area contributed by atoms with Gasteiger partial charge in [0.2, 0.25) is 0 Å². The molecule has 2 N–H and O–H groups in total. The van der Waals surface area contributed by atoms with Crippen molar-refractivity contribution < 1.29 is 9.53 Å². The predicted octanol–water partition coefficient (Wildman–Crippen LogP) is 3.22. The van der Waals surface area contributed by atoms with Gasteiger partial charge in [0.05, 0.1) is 0 Å². The SMILES string of the molecule is Cc1ccc(CNC(=O)Nc2cccc(OCC#N)c2)cc1. The van der Waals surface area contributed by atoms with Gasteiger partial charge in [-0.3, -0.25) is 0 Å². The summed E-state index contributed by atoms with van der Waals surface area (Å²) in [5.74, 6) is 0.540. The molecule has 2 amide bonds. The number of carbonyl (C=O) groups excluding carboxylic acids is 1. The van der Waals surface area contributed by atoms with Gasteiger partial charge in [0.25, 0.3) is 0 Å². The number of urea groups is 1. The van der Waals surface area contributed by atoms with E-state index in [0.29, 0.717) is 18.0 Å². The first-order chi connectivity index (χ1) is 10.7. The van der Waals surface area contributed by atoms with E-state index in [-0.39, 0.29) is 12.6 Å². The van der Waals surface area contributed by atoms with Crippen LogP contribution in [0.3, 0.4) is 0 Å². The number of amides is 2. The molecule has 112 valence electrons. The van der Waals surface area contributed by atoms with Crippen LogP contribution in [-0.4, -0.2) is 12.6 Å². The maximum atomic E-state index is 11.9. The number of rotatable bonds is 5. The maximum Gasteiger partial charge on any atom is 0.319 e. The van der Waals surface area contributed by atoms with Gasteiger partial charge >= 0.3 is 6.03 Å². The Morgan fingerprint density at radius 2 is 2.00 bits per heavy atom. The summed E-state index contributed by atoms with van der Waals surface area (Å²) in [6, 6.07) is 16.5. The highest BCUT2D eigenvalue weighted by atomic mass is 16.5. The lowest BCUT2D eigenvalue weighted by atomic mass is 10.1. The van der Waals surface area contributed by atoms with Gasteiger partial charge in [0.1, 0.15) is 11.8 Å². The lowest BCUT2D eigenvalue weighted by Crippen LogP contribution is -2.28. The molecule has 2 aromatic rings. The topological polar surface area (TPSA) is 74.2 Å². The first-order valence-corrected chi connectivity index (χ1v) is 6.87. The monoisotopic (exact) mass is 295 g/mol. The van der Waals surface area contributed by atoms with E-state index in [0.717, 1.165) is 5.56 Å². The van der Waals surface area contributed by atoms with Gasteiger partial charge in [-0.2, -0.15) is 5.26 Å². The molecule has 0 heterocycles. The van der Waals surface area contributed by atoms with Crippen molar-refractivity contribution in [2.45, 2.75) is 13.5 Å². The number of benzene rings is 2. The third-order valence-electron chi connectivity index (χ3n) is 2.97. The number of carbonyl (C=O) groups is 1. The average Bonchev–Trinajstić information content (AvgIpc) is 2.53. The fraction of sp³-hybridized carbons (Fsp3) is 0.176. The fourth-order valence-electron chi connectivity index (χ4n) is 1.84. The summed E-state index contributed by atoms with van der Waals surface area (Å²) < 4.78 is 5.19. The van der Waals surface area contributed by atoms with E-state index in [4.69, 9.17) is 10.00 Å². The molecule has 0 aliphatic carbocycles. The molecule has 5 nitrogen and oxygen atoms in total. The molecule has 0 spiro atoms. The van der Waals surface area contributed by atoms with E-state index in [1.54, 1.807) is 24.3 Å². The van der Waals surface area contributed by atoms with Gasteiger partial charge in [0, 0.05) is 18.3 Å². The van der Waals surface area contributed by atoms with Crippen LogP contribution in [0.2, 0.25) is 0 Å². The Morgan fingerprint density at radius 1 is 1.23 bits per heavy atom. The lowest BCUT2D eigenvalue weighted by Gasteiger charge is -2.09. The minimum absolute atomic E-state index is 0.0247. The van der Waals surface area contributed by atoms with Crippen molar-refractivity contribution in [3.63, 3.8) is 0 Å².